The zero-order valence-electron chi connectivity index (χ0n) is 12.5. The van der Waals surface area contributed by atoms with Gasteiger partial charge in [-0.3, -0.25) is 4.79 Å². The van der Waals surface area contributed by atoms with Crippen molar-refractivity contribution in [2.75, 3.05) is 5.32 Å². The molecule has 1 aliphatic carbocycles. The number of halogens is 1. The van der Waals surface area contributed by atoms with Crippen molar-refractivity contribution >= 4 is 18.1 Å². The van der Waals surface area contributed by atoms with Crippen molar-refractivity contribution in [2.24, 2.45) is 0 Å². The lowest BCUT2D eigenvalue weighted by molar-refractivity contribution is -0.105. The molecule has 0 aliphatic heterocycles. The van der Waals surface area contributed by atoms with Crippen molar-refractivity contribution in [3.05, 3.63) is 65.0 Å². The molecule has 1 amide bonds. The molecule has 2 aromatic carbocycles. The van der Waals surface area contributed by atoms with Crippen LogP contribution in [0.4, 0.5) is 10.1 Å². The second-order valence-electron chi connectivity index (χ2n) is 6.05. The number of carboxylic acids is 1. The van der Waals surface area contributed by atoms with Crippen LogP contribution in [0, 0.1) is 5.82 Å². The minimum Gasteiger partial charge on any atom is -0.478 e. The number of rotatable bonds is 5. The minimum absolute atomic E-state index is 0.166. The number of amides is 1. The predicted molar refractivity (Wildman–Crippen MR) is 84.2 cm³/mol. The van der Waals surface area contributed by atoms with Crippen LogP contribution in [-0.2, 0) is 10.2 Å². The molecule has 0 bridgehead atoms. The van der Waals surface area contributed by atoms with Gasteiger partial charge >= 0.3 is 5.97 Å². The van der Waals surface area contributed by atoms with E-state index in [0.29, 0.717) is 12.1 Å². The molecule has 0 heterocycles. The Morgan fingerprint density at radius 3 is 2.61 bits per heavy atom. The molecule has 2 N–H and O–H groups in total. The summed E-state index contributed by atoms with van der Waals surface area (Å²) < 4.78 is 13.1. The quantitative estimate of drug-likeness (QED) is 0.830. The summed E-state index contributed by atoms with van der Waals surface area (Å²) in [6, 6.07) is 11.0. The third-order valence-corrected chi connectivity index (χ3v) is 4.61. The number of carbonyl (C=O) groups excluding carboxylic acids is 1. The van der Waals surface area contributed by atoms with E-state index < -0.39 is 5.97 Å². The van der Waals surface area contributed by atoms with Crippen molar-refractivity contribution in [2.45, 2.75) is 24.7 Å². The van der Waals surface area contributed by atoms with Crippen molar-refractivity contribution in [1.82, 2.24) is 0 Å². The Morgan fingerprint density at radius 2 is 2.00 bits per heavy atom. The van der Waals surface area contributed by atoms with Crippen LogP contribution in [0.5, 0.6) is 0 Å². The normalized spacial score (nSPS) is 22.4. The van der Waals surface area contributed by atoms with Gasteiger partial charge in [-0.2, -0.15) is 0 Å². The van der Waals surface area contributed by atoms with E-state index in [-0.39, 0.29) is 22.7 Å². The maximum atomic E-state index is 13.1. The van der Waals surface area contributed by atoms with Crippen LogP contribution in [0.15, 0.2) is 42.5 Å². The second kappa shape index (κ2) is 5.50. The number of carboxylic acid groups (broad SMARTS) is 1. The van der Waals surface area contributed by atoms with Crippen LogP contribution < -0.4 is 5.32 Å². The van der Waals surface area contributed by atoms with Gasteiger partial charge in [0.15, 0.2) is 0 Å². The van der Waals surface area contributed by atoms with Gasteiger partial charge in [-0.05, 0) is 53.8 Å². The average Bonchev–Trinajstić information content (AvgIpc) is 3.21. The van der Waals surface area contributed by atoms with Crippen LogP contribution in [0.1, 0.15) is 40.7 Å². The van der Waals surface area contributed by atoms with E-state index in [4.69, 9.17) is 0 Å². The molecule has 1 fully saturated rings. The molecule has 4 nitrogen and oxygen atoms in total. The molecule has 2 atom stereocenters. The molecule has 3 rings (SSSR count). The fraction of sp³-hybridized carbons (Fsp3) is 0.222. The van der Waals surface area contributed by atoms with Crippen LogP contribution in [-0.4, -0.2) is 17.5 Å². The lowest BCUT2D eigenvalue weighted by Crippen LogP contribution is -2.11. The smallest absolute Gasteiger partial charge is 0.335 e. The van der Waals surface area contributed by atoms with Crippen LogP contribution in [0.3, 0.4) is 0 Å². The zero-order chi connectivity index (χ0) is 16.6. The van der Waals surface area contributed by atoms with Gasteiger partial charge in [-0.1, -0.05) is 19.1 Å². The van der Waals surface area contributed by atoms with E-state index in [0.717, 1.165) is 17.5 Å². The van der Waals surface area contributed by atoms with Gasteiger partial charge in [0, 0.05) is 11.1 Å². The van der Waals surface area contributed by atoms with E-state index in [1.807, 2.05) is 6.92 Å². The van der Waals surface area contributed by atoms with Gasteiger partial charge < -0.3 is 10.4 Å². The van der Waals surface area contributed by atoms with E-state index in [2.05, 4.69) is 5.32 Å². The molecule has 0 spiro atoms. The molecule has 0 saturated heterocycles. The number of aromatic carboxylic acids is 1. The SMILES string of the molecule is CC1(c2cc(C(=O)O)ccc2NC=O)CC1c1ccc(F)cc1. The highest BCUT2D eigenvalue weighted by atomic mass is 19.1. The Morgan fingerprint density at radius 1 is 1.30 bits per heavy atom. The maximum absolute atomic E-state index is 13.1. The third-order valence-electron chi connectivity index (χ3n) is 4.61. The number of benzene rings is 2. The molecule has 2 unspecified atom stereocenters. The maximum Gasteiger partial charge on any atom is 0.335 e. The Labute approximate surface area is 133 Å². The number of anilines is 1. The Bertz CT molecular complexity index is 772. The highest BCUT2D eigenvalue weighted by Gasteiger charge is 2.53. The largest absolute Gasteiger partial charge is 0.478 e. The Balaban J connectivity index is 2.00. The molecule has 0 radical (unpaired) electrons. The molecule has 0 aromatic heterocycles. The summed E-state index contributed by atoms with van der Waals surface area (Å²) in [6.07, 6.45) is 1.40. The molecule has 1 saturated carbocycles. The van der Waals surface area contributed by atoms with Crippen molar-refractivity contribution in [3.63, 3.8) is 0 Å². The summed E-state index contributed by atoms with van der Waals surface area (Å²) in [5.41, 5.74) is 2.30. The highest BCUT2D eigenvalue weighted by Crippen LogP contribution is 2.61. The van der Waals surface area contributed by atoms with Gasteiger partial charge in [0.1, 0.15) is 5.82 Å². The van der Waals surface area contributed by atoms with E-state index in [1.165, 1.54) is 18.2 Å². The first-order valence-corrected chi connectivity index (χ1v) is 7.29. The minimum atomic E-state index is -1.01. The van der Waals surface area contributed by atoms with E-state index in [9.17, 15) is 19.1 Å². The highest BCUT2D eigenvalue weighted by molar-refractivity contribution is 5.89. The summed E-state index contributed by atoms with van der Waals surface area (Å²) in [4.78, 5) is 22.0. The number of hydrogen-bond acceptors (Lipinski definition) is 2. The van der Waals surface area contributed by atoms with Crippen molar-refractivity contribution in [1.29, 1.82) is 0 Å². The first-order valence-electron chi connectivity index (χ1n) is 7.29. The Kier molecular flexibility index (Phi) is 3.64. The first-order chi connectivity index (χ1) is 11.0. The molecule has 118 valence electrons. The summed E-state index contributed by atoms with van der Waals surface area (Å²) in [7, 11) is 0. The van der Waals surface area contributed by atoms with Crippen molar-refractivity contribution in [3.8, 4) is 0 Å². The van der Waals surface area contributed by atoms with Crippen LogP contribution >= 0.6 is 0 Å². The summed E-state index contributed by atoms with van der Waals surface area (Å²) in [6.45, 7) is 2.03. The standard InChI is InChI=1S/C18H16FNO3/c1-18(9-15(18)11-2-5-13(19)6-3-11)14-8-12(17(22)23)4-7-16(14)20-10-21/h2-8,10,15H,9H2,1H3,(H,20,21)(H,22,23). The lowest BCUT2D eigenvalue weighted by atomic mass is 9.90. The topological polar surface area (TPSA) is 66.4 Å². The zero-order valence-corrected chi connectivity index (χ0v) is 12.5. The molecule has 23 heavy (non-hydrogen) atoms. The average molecular weight is 313 g/mol. The number of nitrogens with one attached hydrogen (secondary N) is 1. The summed E-state index contributed by atoms with van der Waals surface area (Å²) >= 11 is 0. The van der Waals surface area contributed by atoms with Gasteiger partial charge in [-0.25, -0.2) is 9.18 Å². The van der Waals surface area contributed by atoms with Gasteiger partial charge in [0.05, 0.1) is 5.56 Å². The van der Waals surface area contributed by atoms with Crippen LogP contribution in [0.2, 0.25) is 0 Å². The fourth-order valence-electron chi connectivity index (χ4n) is 3.18. The summed E-state index contributed by atoms with van der Waals surface area (Å²) in [5.74, 6) is -1.13. The number of carbonyl (C=O) groups is 2. The van der Waals surface area contributed by atoms with E-state index in [1.54, 1.807) is 24.3 Å². The predicted octanol–water partition coefficient (Wildman–Crippen LogP) is 3.54. The molecule has 5 heteroatoms. The number of hydrogen-bond donors (Lipinski definition) is 2. The molecule has 2 aromatic rings. The van der Waals surface area contributed by atoms with Crippen molar-refractivity contribution < 1.29 is 19.1 Å². The second-order valence-corrected chi connectivity index (χ2v) is 6.05. The first kappa shape index (κ1) is 15.2. The van der Waals surface area contributed by atoms with Crippen LogP contribution in [0.25, 0.3) is 0 Å². The molecule has 1 aliphatic rings. The monoisotopic (exact) mass is 313 g/mol. The van der Waals surface area contributed by atoms with Gasteiger partial charge in [0.25, 0.3) is 0 Å². The fourth-order valence-corrected chi connectivity index (χ4v) is 3.18. The lowest BCUT2D eigenvalue weighted by Gasteiger charge is -2.17. The summed E-state index contributed by atoms with van der Waals surface area (Å²) in [5, 5.41) is 11.8. The van der Waals surface area contributed by atoms with E-state index >= 15 is 0 Å². The molecular formula is C18H16FNO3. The third kappa shape index (κ3) is 2.70. The molecular weight excluding hydrogens is 297 g/mol. The Hall–Kier alpha value is -2.69. The van der Waals surface area contributed by atoms with Gasteiger partial charge in [0.2, 0.25) is 6.41 Å². The van der Waals surface area contributed by atoms with Gasteiger partial charge in [-0.15, -0.1) is 0 Å².